The number of amides is 2. The second-order valence-electron chi connectivity index (χ2n) is 7.67. The lowest BCUT2D eigenvalue weighted by atomic mass is 10.0. The molecule has 2 amide bonds. The third-order valence-electron chi connectivity index (χ3n) is 4.90. The van der Waals surface area contributed by atoms with E-state index < -0.39 is 35.9 Å². The van der Waals surface area contributed by atoms with Crippen LogP contribution >= 0.6 is 0 Å². The summed E-state index contributed by atoms with van der Waals surface area (Å²) in [4.78, 5) is 47.8. The maximum atomic E-state index is 12.9. The van der Waals surface area contributed by atoms with E-state index in [-0.39, 0.29) is 37.5 Å². The fourth-order valence-corrected chi connectivity index (χ4v) is 3.12. The zero-order valence-electron chi connectivity index (χ0n) is 18.5. The zero-order valence-corrected chi connectivity index (χ0v) is 18.5. The maximum Gasteiger partial charge on any atom is 0.326 e. The van der Waals surface area contributed by atoms with Gasteiger partial charge >= 0.3 is 5.97 Å². The topological polar surface area (TPSA) is 235 Å². The van der Waals surface area contributed by atoms with Crippen LogP contribution in [0.3, 0.4) is 0 Å². The summed E-state index contributed by atoms with van der Waals surface area (Å²) in [7, 11) is 0. The average Bonchev–Trinajstić information content (AvgIpc) is 3.29. The minimum Gasteiger partial charge on any atom is -0.508 e. The number of phenolic OH excluding ortho intramolecular Hbond substituents is 1. The van der Waals surface area contributed by atoms with Crippen molar-refractivity contribution in [2.75, 3.05) is 6.54 Å². The van der Waals surface area contributed by atoms with Crippen molar-refractivity contribution < 1.29 is 24.6 Å². The van der Waals surface area contributed by atoms with Crippen LogP contribution < -0.4 is 27.8 Å². The molecule has 13 heteroatoms. The van der Waals surface area contributed by atoms with E-state index in [4.69, 9.17) is 17.2 Å². The van der Waals surface area contributed by atoms with Gasteiger partial charge < -0.3 is 43.0 Å². The summed E-state index contributed by atoms with van der Waals surface area (Å²) >= 11 is 0. The number of aliphatic imine (C=N–C) groups is 1. The summed E-state index contributed by atoms with van der Waals surface area (Å²) in [5, 5.41) is 23.9. The van der Waals surface area contributed by atoms with Crippen LogP contribution in [-0.2, 0) is 27.2 Å². The minimum atomic E-state index is -1.23. The summed E-state index contributed by atoms with van der Waals surface area (Å²) in [5.41, 5.74) is 17.8. The Morgan fingerprint density at radius 1 is 1.06 bits per heavy atom. The number of nitrogens with one attached hydrogen (secondary N) is 3. The summed E-state index contributed by atoms with van der Waals surface area (Å²) in [6, 6.07) is 2.96. The van der Waals surface area contributed by atoms with E-state index in [0.29, 0.717) is 12.1 Å². The number of guanidine groups is 1. The molecule has 11 N–H and O–H groups in total. The van der Waals surface area contributed by atoms with E-state index in [1.807, 2.05) is 0 Å². The SMILES string of the molecule is NC(N)=NCCC[C@H](NC(=O)[C@H](Cc1cnc[nH]1)NC(=O)[C@@H](N)Cc1ccc(O)cc1)C(=O)O. The van der Waals surface area contributed by atoms with Crippen LogP contribution in [0.25, 0.3) is 0 Å². The quantitative estimate of drug-likeness (QED) is 0.0940. The Bertz CT molecular complexity index is 974. The van der Waals surface area contributed by atoms with Crippen LogP contribution in [0, 0.1) is 0 Å². The number of carboxylic acids is 1. The first-order valence-electron chi connectivity index (χ1n) is 10.6. The molecule has 0 bridgehead atoms. The second-order valence-corrected chi connectivity index (χ2v) is 7.67. The lowest BCUT2D eigenvalue weighted by Gasteiger charge is -2.22. The molecule has 2 rings (SSSR count). The van der Waals surface area contributed by atoms with Gasteiger partial charge in [-0.2, -0.15) is 0 Å². The molecule has 0 aliphatic rings. The Labute approximate surface area is 195 Å². The number of carbonyl (C=O) groups is 3. The van der Waals surface area contributed by atoms with Gasteiger partial charge in [0.05, 0.1) is 12.4 Å². The van der Waals surface area contributed by atoms with Gasteiger partial charge in [0.1, 0.15) is 17.8 Å². The third kappa shape index (κ3) is 8.78. The molecule has 0 spiro atoms. The fraction of sp³-hybridized carbons (Fsp3) is 0.381. The van der Waals surface area contributed by atoms with Crippen LogP contribution in [0.1, 0.15) is 24.1 Å². The number of benzene rings is 1. The molecule has 13 nitrogen and oxygen atoms in total. The highest BCUT2D eigenvalue weighted by atomic mass is 16.4. The van der Waals surface area contributed by atoms with Crippen LogP contribution in [0.5, 0.6) is 5.75 Å². The van der Waals surface area contributed by atoms with Crippen LogP contribution in [0.2, 0.25) is 0 Å². The van der Waals surface area contributed by atoms with Crippen LogP contribution in [0.15, 0.2) is 41.8 Å². The third-order valence-corrected chi connectivity index (χ3v) is 4.90. The van der Waals surface area contributed by atoms with Gasteiger partial charge in [0.2, 0.25) is 11.8 Å². The molecule has 1 aromatic heterocycles. The summed E-state index contributed by atoms with van der Waals surface area (Å²) in [6.45, 7) is 0.211. The molecule has 184 valence electrons. The highest BCUT2D eigenvalue weighted by molar-refractivity contribution is 5.92. The normalized spacial score (nSPS) is 13.3. The zero-order chi connectivity index (χ0) is 25.1. The number of nitrogens with zero attached hydrogens (tertiary/aromatic N) is 2. The Morgan fingerprint density at radius 3 is 2.32 bits per heavy atom. The average molecular weight is 475 g/mol. The predicted molar refractivity (Wildman–Crippen MR) is 123 cm³/mol. The van der Waals surface area contributed by atoms with Crippen molar-refractivity contribution in [3.8, 4) is 5.75 Å². The van der Waals surface area contributed by atoms with E-state index in [2.05, 4.69) is 25.6 Å². The first kappa shape index (κ1) is 26.1. The molecule has 0 fully saturated rings. The molecular weight excluding hydrogens is 444 g/mol. The first-order chi connectivity index (χ1) is 16.2. The van der Waals surface area contributed by atoms with Gasteiger partial charge in [0, 0.05) is 24.9 Å². The number of aliphatic carboxylic acids is 1. The van der Waals surface area contributed by atoms with Crippen LogP contribution in [-0.4, -0.2) is 68.6 Å². The monoisotopic (exact) mass is 474 g/mol. The molecule has 0 saturated carbocycles. The summed E-state index contributed by atoms with van der Waals surface area (Å²) in [5.74, 6) is -2.53. The minimum absolute atomic E-state index is 0.0455. The Balaban J connectivity index is 2.05. The van der Waals surface area contributed by atoms with Gasteiger partial charge in [-0.1, -0.05) is 12.1 Å². The number of hydrogen-bond donors (Lipinski definition) is 8. The molecule has 0 unspecified atom stereocenters. The van der Waals surface area contributed by atoms with Crippen molar-refractivity contribution in [2.45, 2.75) is 43.8 Å². The predicted octanol–water partition coefficient (Wildman–Crippen LogP) is -1.66. The lowest BCUT2D eigenvalue weighted by molar-refractivity contribution is -0.142. The van der Waals surface area contributed by atoms with Crippen molar-refractivity contribution in [2.24, 2.45) is 22.2 Å². The Kier molecular flexibility index (Phi) is 9.83. The number of imidazole rings is 1. The molecule has 0 saturated heterocycles. The number of rotatable bonds is 13. The Morgan fingerprint density at radius 2 is 1.74 bits per heavy atom. The fourth-order valence-electron chi connectivity index (χ4n) is 3.12. The molecule has 1 heterocycles. The van der Waals surface area contributed by atoms with Crippen molar-refractivity contribution >= 4 is 23.7 Å². The van der Waals surface area contributed by atoms with Gasteiger partial charge in [-0.15, -0.1) is 0 Å². The highest BCUT2D eigenvalue weighted by Gasteiger charge is 2.28. The summed E-state index contributed by atoms with van der Waals surface area (Å²) < 4.78 is 0. The number of nitrogens with two attached hydrogens (primary N) is 3. The number of hydrogen-bond acceptors (Lipinski definition) is 7. The van der Waals surface area contributed by atoms with E-state index >= 15 is 0 Å². The van der Waals surface area contributed by atoms with E-state index in [1.165, 1.54) is 24.7 Å². The van der Waals surface area contributed by atoms with Gasteiger partial charge in [0.15, 0.2) is 5.96 Å². The highest BCUT2D eigenvalue weighted by Crippen LogP contribution is 2.11. The molecule has 1 aromatic carbocycles. The number of carboxylic acid groups (broad SMARTS) is 1. The van der Waals surface area contributed by atoms with E-state index in [9.17, 15) is 24.6 Å². The van der Waals surface area contributed by atoms with Gasteiger partial charge in [-0.25, -0.2) is 9.78 Å². The maximum absolute atomic E-state index is 12.9. The molecule has 0 aliphatic heterocycles. The summed E-state index contributed by atoms with van der Waals surface area (Å²) in [6.07, 6.45) is 3.54. The number of H-pyrrole nitrogens is 1. The van der Waals surface area contributed by atoms with Gasteiger partial charge in [0.25, 0.3) is 0 Å². The van der Waals surface area contributed by atoms with E-state index in [0.717, 1.165) is 5.56 Å². The number of aromatic nitrogens is 2. The van der Waals surface area contributed by atoms with E-state index in [1.54, 1.807) is 12.1 Å². The molecule has 3 atom stereocenters. The molecule has 2 aromatic rings. The van der Waals surface area contributed by atoms with Crippen LogP contribution in [0.4, 0.5) is 0 Å². The number of phenols is 1. The second kappa shape index (κ2) is 12.8. The largest absolute Gasteiger partial charge is 0.508 e. The molecular formula is C21H30N8O5. The first-order valence-corrected chi connectivity index (χ1v) is 10.6. The standard InChI is InChI=1S/C21H30N8O5/c22-15(8-12-3-5-14(30)6-4-12)18(31)29-17(9-13-10-25-11-27-13)19(32)28-16(20(33)34)2-1-7-26-21(23)24/h3-6,10-11,15-17,30H,1-2,7-9,22H2,(H,25,27)(H,28,32)(H,29,31)(H,33,34)(H4,23,24,26)/t15-,16-,17-/m0/s1. The van der Waals surface area contributed by atoms with Crippen molar-refractivity contribution in [3.63, 3.8) is 0 Å². The Hall–Kier alpha value is -4.13. The lowest BCUT2D eigenvalue weighted by Crippen LogP contribution is -2.55. The van der Waals surface area contributed by atoms with Crippen molar-refractivity contribution in [1.29, 1.82) is 0 Å². The van der Waals surface area contributed by atoms with Crippen molar-refractivity contribution in [3.05, 3.63) is 48.0 Å². The van der Waals surface area contributed by atoms with Crippen molar-refractivity contribution in [1.82, 2.24) is 20.6 Å². The number of carbonyl (C=O) groups excluding carboxylic acids is 2. The number of aromatic hydroxyl groups is 1. The van der Waals surface area contributed by atoms with Gasteiger partial charge in [-0.3, -0.25) is 14.6 Å². The smallest absolute Gasteiger partial charge is 0.326 e. The molecule has 0 aliphatic carbocycles. The molecule has 0 radical (unpaired) electrons. The molecule has 34 heavy (non-hydrogen) atoms. The number of aromatic amines is 1. The van der Waals surface area contributed by atoms with Gasteiger partial charge in [-0.05, 0) is 37.0 Å².